The largest absolute Gasteiger partial charge is 0.378 e. The molecule has 1 saturated heterocycles. The van der Waals surface area contributed by atoms with Gasteiger partial charge >= 0.3 is 0 Å². The molecule has 3 heterocycles. The molecule has 1 aliphatic heterocycles. The van der Waals surface area contributed by atoms with Gasteiger partial charge in [-0.2, -0.15) is 0 Å². The number of carbonyl (C=O) groups excluding carboxylic acids is 1. The van der Waals surface area contributed by atoms with Crippen molar-refractivity contribution in [3.8, 4) is 11.3 Å². The van der Waals surface area contributed by atoms with Gasteiger partial charge in [-0.15, -0.1) is 11.3 Å². The fourth-order valence-corrected chi connectivity index (χ4v) is 4.52. The van der Waals surface area contributed by atoms with Crippen molar-refractivity contribution in [2.45, 2.75) is 39.8 Å². The van der Waals surface area contributed by atoms with Crippen molar-refractivity contribution in [2.75, 3.05) is 31.2 Å². The maximum Gasteiger partial charge on any atom is 0.264 e. The van der Waals surface area contributed by atoms with Crippen molar-refractivity contribution in [3.05, 3.63) is 57.8 Å². The highest BCUT2D eigenvalue weighted by atomic mass is 32.1. The summed E-state index contributed by atoms with van der Waals surface area (Å²) in [6.45, 7) is 9.53. The lowest BCUT2D eigenvalue weighted by Gasteiger charge is -2.31. The summed E-state index contributed by atoms with van der Waals surface area (Å²) in [4.78, 5) is 18.2. The van der Waals surface area contributed by atoms with E-state index in [9.17, 15) is 4.79 Å². The summed E-state index contributed by atoms with van der Waals surface area (Å²) in [6, 6.07) is 12.2. The van der Waals surface area contributed by atoms with Crippen LogP contribution in [0.5, 0.6) is 0 Å². The predicted octanol–water partition coefficient (Wildman–Crippen LogP) is 4.99. The molecule has 1 aliphatic rings. The van der Waals surface area contributed by atoms with E-state index in [4.69, 9.17) is 9.26 Å². The van der Waals surface area contributed by atoms with Gasteiger partial charge in [-0.25, -0.2) is 0 Å². The molecule has 1 aromatic carbocycles. The predicted molar refractivity (Wildman–Crippen MR) is 124 cm³/mol. The first-order valence-electron chi connectivity index (χ1n) is 10.8. The average molecular weight is 440 g/mol. The van der Waals surface area contributed by atoms with Gasteiger partial charge in [0.1, 0.15) is 5.69 Å². The molecule has 6 nitrogen and oxygen atoms in total. The van der Waals surface area contributed by atoms with Crippen LogP contribution in [0.15, 0.2) is 46.3 Å². The van der Waals surface area contributed by atoms with E-state index < -0.39 is 0 Å². The monoisotopic (exact) mass is 439 g/mol. The van der Waals surface area contributed by atoms with Crippen molar-refractivity contribution < 1.29 is 14.1 Å². The Balaban J connectivity index is 1.76. The molecule has 3 aromatic rings. The second-order valence-corrected chi connectivity index (χ2v) is 8.90. The molecule has 4 rings (SSSR count). The number of aromatic nitrogens is 1. The number of aryl methyl sites for hydroxylation is 1. The molecule has 0 N–H and O–H groups in total. The zero-order valence-corrected chi connectivity index (χ0v) is 19.2. The number of hydrogen-bond donors (Lipinski definition) is 0. The van der Waals surface area contributed by atoms with Crippen LogP contribution in [0, 0.1) is 6.92 Å². The quantitative estimate of drug-likeness (QED) is 0.519. The zero-order chi connectivity index (χ0) is 21.8. The number of carbonyl (C=O) groups is 1. The minimum atomic E-state index is 0.0497. The van der Waals surface area contributed by atoms with Crippen molar-refractivity contribution >= 4 is 23.1 Å². The molecular weight excluding hydrogens is 410 g/mol. The second-order valence-electron chi connectivity index (χ2n) is 7.95. The fraction of sp³-hybridized carbons (Fsp3) is 0.417. The van der Waals surface area contributed by atoms with Crippen molar-refractivity contribution in [2.24, 2.45) is 0 Å². The SMILES string of the molecule is CCC(C)N(Cc1c(-c2cccc(C)c2)noc1N1CCOCC1)C(=O)c1cccs1. The standard InChI is InChI=1S/C24H29N3O3S/c1-4-18(3)27(23(28)21-9-6-14-31-21)16-20-22(19-8-5-7-17(2)15-19)25-30-24(20)26-10-12-29-13-11-26/h5-9,14-15,18H,4,10-13,16H2,1-3H3. The summed E-state index contributed by atoms with van der Waals surface area (Å²) in [7, 11) is 0. The molecule has 2 aromatic heterocycles. The Kier molecular flexibility index (Phi) is 6.73. The van der Waals surface area contributed by atoms with Gasteiger partial charge in [-0.05, 0) is 37.8 Å². The van der Waals surface area contributed by atoms with Crippen LogP contribution >= 0.6 is 11.3 Å². The molecule has 1 atom stereocenters. The van der Waals surface area contributed by atoms with Crippen LogP contribution in [0.3, 0.4) is 0 Å². The molecular formula is C24H29N3O3S. The van der Waals surface area contributed by atoms with Gasteiger partial charge in [0.2, 0.25) is 5.88 Å². The van der Waals surface area contributed by atoms with E-state index in [2.05, 4.69) is 43.0 Å². The number of nitrogens with zero attached hydrogens (tertiary/aromatic N) is 3. The van der Waals surface area contributed by atoms with E-state index in [0.29, 0.717) is 19.8 Å². The summed E-state index contributed by atoms with van der Waals surface area (Å²) in [5.41, 5.74) is 3.92. The molecule has 0 spiro atoms. The van der Waals surface area contributed by atoms with E-state index in [0.717, 1.165) is 52.7 Å². The van der Waals surface area contributed by atoms with Gasteiger partial charge < -0.3 is 19.1 Å². The van der Waals surface area contributed by atoms with Crippen LogP contribution in [0.2, 0.25) is 0 Å². The van der Waals surface area contributed by atoms with E-state index >= 15 is 0 Å². The third kappa shape index (κ3) is 4.67. The van der Waals surface area contributed by atoms with Crippen LogP contribution in [-0.4, -0.2) is 48.3 Å². The van der Waals surface area contributed by atoms with Gasteiger partial charge in [0.25, 0.3) is 5.91 Å². The number of ether oxygens (including phenoxy) is 1. The van der Waals surface area contributed by atoms with E-state index in [1.807, 2.05) is 34.5 Å². The van der Waals surface area contributed by atoms with Gasteiger partial charge in [-0.1, -0.05) is 41.9 Å². The lowest BCUT2D eigenvalue weighted by molar-refractivity contribution is 0.0676. The number of hydrogen-bond acceptors (Lipinski definition) is 6. The van der Waals surface area contributed by atoms with Gasteiger partial charge in [0, 0.05) is 24.7 Å². The number of anilines is 1. The summed E-state index contributed by atoms with van der Waals surface area (Å²) >= 11 is 1.48. The van der Waals surface area contributed by atoms with Crippen molar-refractivity contribution in [1.29, 1.82) is 0 Å². The Morgan fingerprint density at radius 2 is 2.06 bits per heavy atom. The molecule has 1 fully saturated rings. The Morgan fingerprint density at radius 3 is 2.74 bits per heavy atom. The van der Waals surface area contributed by atoms with Crippen LogP contribution < -0.4 is 4.90 Å². The third-order valence-corrected chi connectivity index (χ3v) is 6.66. The van der Waals surface area contributed by atoms with Gasteiger partial charge in [-0.3, -0.25) is 4.79 Å². The van der Waals surface area contributed by atoms with E-state index in [-0.39, 0.29) is 11.9 Å². The highest BCUT2D eigenvalue weighted by molar-refractivity contribution is 7.12. The summed E-state index contributed by atoms with van der Waals surface area (Å²) in [5, 5.41) is 6.41. The Hall–Kier alpha value is -2.64. The van der Waals surface area contributed by atoms with Gasteiger partial charge in [0.05, 0.1) is 30.2 Å². The zero-order valence-electron chi connectivity index (χ0n) is 18.3. The number of amides is 1. The Labute approximate surface area is 187 Å². The minimum Gasteiger partial charge on any atom is -0.378 e. The lowest BCUT2D eigenvalue weighted by atomic mass is 10.0. The highest BCUT2D eigenvalue weighted by Crippen LogP contribution is 2.34. The lowest BCUT2D eigenvalue weighted by Crippen LogP contribution is -2.39. The van der Waals surface area contributed by atoms with Crippen LogP contribution in [-0.2, 0) is 11.3 Å². The van der Waals surface area contributed by atoms with Crippen LogP contribution in [0.1, 0.15) is 41.1 Å². The number of thiophene rings is 1. The summed E-state index contributed by atoms with van der Waals surface area (Å²) < 4.78 is 11.4. The molecule has 0 radical (unpaired) electrons. The smallest absolute Gasteiger partial charge is 0.264 e. The fourth-order valence-electron chi connectivity index (χ4n) is 3.84. The normalized spacial score (nSPS) is 15.1. The molecule has 0 saturated carbocycles. The third-order valence-electron chi connectivity index (χ3n) is 5.80. The van der Waals surface area contributed by atoms with Crippen LogP contribution in [0.4, 0.5) is 5.88 Å². The van der Waals surface area contributed by atoms with E-state index in [1.54, 1.807) is 0 Å². The van der Waals surface area contributed by atoms with Gasteiger partial charge in [0.15, 0.2) is 0 Å². The first-order valence-corrected chi connectivity index (χ1v) is 11.7. The molecule has 1 unspecified atom stereocenters. The maximum atomic E-state index is 13.4. The number of benzene rings is 1. The summed E-state index contributed by atoms with van der Waals surface area (Å²) in [5.74, 6) is 0.792. The first kappa shape index (κ1) is 21.6. The Bertz CT molecular complexity index is 1010. The van der Waals surface area contributed by atoms with Crippen LogP contribution in [0.25, 0.3) is 11.3 Å². The highest BCUT2D eigenvalue weighted by Gasteiger charge is 2.29. The molecule has 0 bridgehead atoms. The average Bonchev–Trinajstić information content (AvgIpc) is 3.47. The Morgan fingerprint density at radius 1 is 1.26 bits per heavy atom. The summed E-state index contributed by atoms with van der Waals surface area (Å²) in [6.07, 6.45) is 0.870. The second kappa shape index (κ2) is 9.66. The number of rotatable bonds is 7. The molecule has 164 valence electrons. The first-order chi connectivity index (χ1) is 15.1. The van der Waals surface area contributed by atoms with Crippen molar-refractivity contribution in [3.63, 3.8) is 0 Å². The molecule has 0 aliphatic carbocycles. The molecule has 31 heavy (non-hydrogen) atoms. The molecule has 1 amide bonds. The topological polar surface area (TPSA) is 58.8 Å². The minimum absolute atomic E-state index is 0.0497. The van der Waals surface area contributed by atoms with Crippen molar-refractivity contribution in [1.82, 2.24) is 10.1 Å². The number of morpholine rings is 1. The van der Waals surface area contributed by atoms with E-state index in [1.165, 1.54) is 11.3 Å². The maximum absolute atomic E-state index is 13.4. The molecule has 7 heteroatoms.